The first-order chi connectivity index (χ1) is 8.99. The fourth-order valence-electron chi connectivity index (χ4n) is 2.09. The zero-order chi connectivity index (χ0) is 14.7. The minimum Gasteiger partial charge on any atom is -0.481 e. The van der Waals surface area contributed by atoms with Crippen LogP contribution >= 0.6 is 0 Å². The highest BCUT2D eigenvalue weighted by atomic mass is 16.4. The van der Waals surface area contributed by atoms with E-state index >= 15 is 0 Å². The molecule has 4 heteroatoms. The molecule has 0 aromatic rings. The van der Waals surface area contributed by atoms with Crippen molar-refractivity contribution in [3.8, 4) is 0 Å². The summed E-state index contributed by atoms with van der Waals surface area (Å²) in [6.45, 7) is 6.91. The number of carboxylic acid groups (broad SMARTS) is 1. The van der Waals surface area contributed by atoms with E-state index in [1.54, 1.807) is 0 Å². The van der Waals surface area contributed by atoms with Crippen LogP contribution in [-0.4, -0.2) is 34.5 Å². The van der Waals surface area contributed by atoms with Gasteiger partial charge in [-0.1, -0.05) is 39.0 Å². The van der Waals surface area contributed by atoms with Crippen molar-refractivity contribution in [2.75, 3.05) is 6.54 Å². The third-order valence-corrected chi connectivity index (χ3v) is 3.25. The Labute approximate surface area is 117 Å². The van der Waals surface area contributed by atoms with Gasteiger partial charge in [0.2, 0.25) is 5.91 Å². The number of hydrogen-bond donors (Lipinski definition) is 1. The number of nitrogens with zero attached hydrogens (tertiary/aromatic N) is 1. The van der Waals surface area contributed by atoms with Gasteiger partial charge in [-0.2, -0.15) is 0 Å². The van der Waals surface area contributed by atoms with Crippen molar-refractivity contribution in [2.24, 2.45) is 0 Å². The Morgan fingerprint density at radius 3 is 2.11 bits per heavy atom. The van der Waals surface area contributed by atoms with Gasteiger partial charge >= 0.3 is 5.97 Å². The van der Waals surface area contributed by atoms with Crippen LogP contribution in [0, 0.1) is 0 Å². The number of hydrogen-bond acceptors (Lipinski definition) is 2. The Bertz CT molecular complexity index is 264. The van der Waals surface area contributed by atoms with E-state index in [1.165, 1.54) is 25.7 Å². The highest BCUT2D eigenvalue weighted by molar-refractivity contribution is 5.80. The Hall–Kier alpha value is -1.06. The fourth-order valence-corrected chi connectivity index (χ4v) is 2.09. The van der Waals surface area contributed by atoms with Crippen LogP contribution in [0.15, 0.2) is 0 Å². The maximum absolute atomic E-state index is 11.9. The van der Waals surface area contributed by atoms with Gasteiger partial charge in [0, 0.05) is 19.0 Å². The number of carbonyl (C=O) groups excluding carboxylic acids is 1. The first-order valence-electron chi connectivity index (χ1n) is 7.50. The Balaban J connectivity index is 3.91. The molecule has 0 saturated heterocycles. The number of rotatable bonds is 11. The Kier molecular flexibility index (Phi) is 10.2. The molecular weight excluding hydrogens is 242 g/mol. The monoisotopic (exact) mass is 271 g/mol. The van der Waals surface area contributed by atoms with Crippen molar-refractivity contribution in [1.29, 1.82) is 0 Å². The molecule has 0 fully saturated rings. The van der Waals surface area contributed by atoms with E-state index in [9.17, 15) is 9.59 Å². The molecule has 0 aliphatic carbocycles. The van der Waals surface area contributed by atoms with Gasteiger partial charge in [-0.25, -0.2) is 0 Å². The van der Waals surface area contributed by atoms with Crippen LogP contribution in [0.2, 0.25) is 0 Å². The number of amides is 1. The topological polar surface area (TPSA) is 57.6 Å². The maximum Gasteiger partial charge on any atom is 0.303 e. The summed E-state index contributed by atoms with van der Waals surface area (Å²) in [5.41, 5.74) is 0. The van der Waals surface area contributed by atoms with E-state index in [2.05, 4.69) is 6.92 Å². The van der Waals surface area contributed by atoms with Crippen molar-refractivity contribution >= 4 is 11.9 Å². The largest absolute Gasteiger partial charge is 0.481 e. The van der Waals surface area contributed by atoms with Crippen LogP contribution in [-0.2, 0) is 9.59 Å². The minimum atomic E-state index is -0.906. The van der Waals surface area contributed by atoms with E-state index in [-0.39, 0.29) is 24.8 Å². The summed E-state index contributed by atoms with van der Waals surface area (Å²) in [5, 5.41) is 8.61. The van der Waals surface area contributed by atoms with Crippen molar-refractivity contribution in [1.82, 2.24) is 4.90 Å². The zero-order valence-corrected chi connectivity index (χ0v) is 12.7. The van der Waals surface area contributed by atoms with Crippen molar-refractivity contribution in [3.63, 3.8) is 0 Å². The normalized spacial score (nSPS) is 10.7. The first kappa shape index (κ1) is 17.9. The van der Waals surface area contributed by atoms with Crippen LogP contribution in [0.4, 0.5) is 0 Å². The quantitative estimate of drug-likeness (QED) is 0.586. The highest BCUT2D eigenvalue weighted by Crippen LogP contribution is 2.09. The minimum absolute atomic E-state index is 0.0361. The molecule has 0 spiro atoms. The lowest BCUT2D eigenvalue weighted by Gasteiger charge is -2.26. The molecule has 0 radical (unpaired) electrons. The van der Waals surface area contributed by atoms with Crippen molar-refractivity contribution in [3.05, 3.63) is 0 Å². The first-order valence-corrected chi connectivity index (χ1v) is 7.50. The molecule has 0 rings (SSSR count). The molecule has 112 valence electrons. The van der Waals surface area contributed by atoms with Crippen LogP contribution < -0.4 is 0 Å². The number of carboxylic acids is 1. The van der Waals surface area contributed by atoms with Crippen molar-refractivity contribution < 1.29 is 14.7 Å². The van der Waals surface area contributed by atoms with E-state index in [0.29, 0.717) is 0 Å². The average molecular weight is 271 g/mol. The molecule has 1 N–H and O–H groups in total. The van der Waals surface area contributed by atoms with Crippen LogP contribution in [0.5, 0.6) is 0 Å². The fraction of sp³-hybridized carbons (Fsp3) is 0.867. The summed E-state index contributed by atoms with van der Waals surface area (Å²) >= 11 is 0. The maximum atomic E-state index is 11.9. The van der Waals surface area contributed by atoms with Crippen LogP contribution in [0.3, 0.4) is 0 Å². The smallest absolute Gasteiger partial charge is 0.303 e. The SMILES string of the molecule is CCCCCCCCN(C(=O)CCC(=O)O)C(C)C. The second-order valence-corrected chi connectivity index (χ2v) is 5.34. The van der Waals surface area contributed by atoms with Gasteiger partial charge in [0.05, 0.1) is 6.42 Å². The van der Waals surface area contributed by atoms with Gasteiger partial charge < -0.3 is 10.0 Å². The molecule has 19 heavy (non-hydrogen) atoms. The molecule has 0 atom stereocenters. The number of carbonyl (C=O) groups is 2. The molecule has 0 aromatic carbocycles. The van der Waals surface area contributed by atoms with Gasteiger partial charge in [0.1, 0.15) is 0 Å². The highest BCUT2D eigenvalue weighted by Gasteiger charge is 2.17. The summed E-state index contributed by atoms with van der Waals surface area (Å²) in [6.07, 6.45) is 7.23. The summed E-state index contributed by atoms with van der Waals surface area (Å²) in [7, 11) is 0. The predicted molar refractivity (Wildman–Crippen MR) is 77.1 cm³/mol. The summed E-state index contributed by atoms with van der Waals surface area (Å²) in [6, 6.07) is 0.150. The van der Waals surface area contributed by atoms with E-state index in [0.717, 1.165) is 19.4 Å². The molecule has 0 unspecified atom stereocenters. The van der Waals surface area contributed by atoms with Crippen molar-refractivity contribution in [2.45, 2.75) is 78.2 Å². The van der Waals surface area contributed by atoms with Gasteiger partial charge in [-0.15, -0.1) is 0 Å². The zero-order valence-electron chi connectivity index (χ0n) is 12.7. The van der Waals surface area contributed by atoms with Gasteiger partial charge in [0.15, 0.2) is 0 Å². The second-order valence-electron chi connectivity index (χ2n) is 5.34. The lowest BCUT2D eigenvalue weighted by Crippen LogP contribution is -2.37. The molecular formula is C15H29NO3. The molecule has 0 bridgehead atoms. The lowest BCUT2D eigenvalue weighted by atomic mass is 10.1. The molecule has 4 nitrogen and oxygen atoms in total. The average Bonchev–Trinajstić information content (AvgIpc) is 2.34. The molecule has 0 aliphatic rings. The van der Waals surface area contributed by atoms with Gasteiger partial charge in [-0.3, -0.25) is 9.59 Å². The molecule has 0 aliphatic heterocycles. The molecule has 0 heterocycles. The number of aliphatic carboxylic acids is 1. The van der Waals surface area contributed by atoms with E-state index in [1.807, 2.05) is 18.7 Å². The summed E-state index contributed by atoms with van der Waals surface area (Å²) < 4.78 is 0. The lowest BCUT2D eigenvalue weighted by molar-refractivity contribution is -0.141. The van der Waals surface area contributed by atoms with Crippen LogP contribution in [0.25, 0.3) is 0 Å². The van der Waals surface area contributed by atoms with Gasteiger partial charge in [-0.05, 0) is 20.3 Å². The third-order valence-electron chi connectivity index (χ3n) is 3.25. The summed E-state index contributed by atoms with van der Waals surface area (Å²) in [4.78, 5) is 24.2. The molecule has 0 saturated carbocycles. The second kappa shape index (κ2) is 10.8. The standard InChI is InChI=1S/C15H29NO3/c1-4-5-6-7-8-9-12-16(13(2)3)14(17)10-11-15(18)19/h13H,4-12H2,1-3H3,(H,18,19). The molecule has 0 aromatic heterocycles. The predicted octanol–water partition coefficient (Wildman–Crippen LogP) is 3.45. The molecule has 1 amide bonds. The van der Waals surface area contributed by atoms with E-state index < -0.39 is 5.97 Å². The Morgan fingerprint density at radius 1 is 1.00 bits per heavy atom. The third kappa shape index (κ3) is 9.51. The van der Waals surface area contributed by atoms with E-state index in [4.69, 9.17) is 5.11 Å². The van der Waals surface area contributed by atoms with Gasteiger partial charge in [0.25, 0.3) is 0 Å². The van der Waals surface area contributed by atoms with Crippen LogP contribution in [0.1, 0.15) is 72.1 Å². The Morgan fingerprint density at radius 2 is 1.58 bits per heavy atom. The number of unbranched alkanes of at least 4 members (excludes halogenated alkanes) is 5. The summed E-state index contributed by atoms with van der Waals surface area (Å²) in [5.74, 6) is -0.942.